The summed E-state index contributed by atoms with van der Waals surface area (Å²) in [4.78, 5) is 0. The second kappa shape index (κ2) is 3.20. The molecule has 0 saturated carbocycles. The lowest BCUT2D eigenvalue weighted by molar-refractivity contribution is 0.417. The number of nitrogen functional groups attached to an aromatic ring is 1. The van der Waals surface area contributed by atoms with Crippen LogP contribution >= 0.6 is 27.3 Å². The fourth-order valence-electron chi connectivity index (χ4n) is 1.23. The number of halogens is 1. The molecular formula is C9H8BrNOS. The van der Waals surface area contributed by atoms with Gasteiger partial charge in [-0.1, -0.05) is 0 Å². The van der Waals surface area contributed by atoms with Gasteiger partial charge >= 0.3 is 0 Å². The number of ether oxygens (including phenoxy) is 1. The molecule has 0 fully saturated rings. The molecule has 2 aromatic rings. The number of benzene rings is 1. The zero-order chi connectivity index (χ0) is 9.42. The molecule has 0 amide bonds. The van der Waals surface area contributed by atoms with E-state index in [0.29, 0.717) is 5.69 Å². The Bertz CT molecular complexity index is 452. The molecule has 0 saturated heterocycles. The van der Waals surface area contributed by atoms with Crippen molar-refractivity contribution in [2.75, 3.05) is 12.8 Å². The van der Waals surface area contributed by atoms with Crippen LogP contribution in [0.5, 0.6) is 5.75 Å². The molecule has 0 radical (unpaired) electrons. The van der Waals surface area contributed by atoms with Crippen LogP contribution in [0.3, 0.4) is 0 Å². The fraction of sp³-hybridized carbons (Fsp3) is 0.111. The van der Waals surface area contributed by atoms with Crippen molar-refractivity contribution in [1.82, 2.24) is 0 Å². The minimum absolute atomic E-state index is 0.681. The summed E-state index contributed by atoms with van der Waals surface area (Å²) >= 11 is 5.10. The molecule has 4 heteroatoms. The second-order valence-corrected chi connectivity index (χ2v) is 5.15. The quantitative estimate of drug-likeness (QED) is 0.797. The van der Waals surface area contributed by atoms with Crippen LogP contribution in [-0.4, -0.2) is 7.11 Å². The van der Waals surface area contributed by atoms with Crippen molar-refractivity contribution in [2.45, 2.75) is 0 Å². The van der Waals surface area contributed by atoms with Crippen molar-refractivity contribution in [2.24, 2.45) is 0 Å². The monoisotopic (exact) mass is 257 g/mol. The number of thiophene rings is 1. The van der Waals surface area contributed by atoms with Crippen LogP contribution in [-0.2, 0) is 0 Å². The van der Waals surface area contributed by atoms with Crippen LogP contribution in [0.2, 0.25) is 0 Å². The molecule has 1 aromatic carbocycles. The van der Waals surface area contributed by atoms with E-state index in [9.17, 15) is 0 Å². The molecule has 0 atom stereocenters. The van der Waals surface area contributed by atoms with Gasteiger partial charge in [-0.2, -0.15) is 0 Å². The first-order valence-corrected chi connectivity index (χ1v) is 5.34. The van der Waals surface area contributed by atoms with Gasteiger partial charge in [-0.05, 0) is 33.4 Å². The van der Waals surface area contributed by atoms with Crippen LogP contribution in [0, 0.1) is 0 Å². The molecule has 1 aromatic heterocycles. The maximum atomic E-state index is 5.77. The summed E-state index contributed by atoms with van der Waals surface area (Å²) in [7, 11) is 1.63. The van der Waals surface area contributed by atoms with Crippen LogP contribution in [0.4, 0.5) is 5.69 Å². The number of hydrogen-bond donors (Lipinski definition) is 1. The normalized spacial score (nSPS) is 10.6. The summed E-state index contributed by atoms with van der Waals surface area (Å²) < 4.78 is 7.41. The van der Waals surface area contributed by atoms with Crippen molar-refractivity contribution in [3.63, 3.8) is 0 Å². The lowest BCUT2D eigenvalue weighted by Crippen LogP contribution is -1.90. The van der Waals surface area contributed by atoms with Gasteiger partial charge in [-0.3, -0.25) is 0 Å². The molecule has 0 aliphatic carbocycles. The summed E-state index contributed by atoms with van der Waals surface area (Å²) in [5.74, 6) is 0.738. The van der Waals surface area contributed by atoms with Gasteiger partial charge in [0.25, 0.3) is 0 Å². The van der Waals surface area contributed by atoms with Crippen LogP contribution in [0.15, 0.2) is 22.0 Å². The highest BCUT2D eigenvalue weighted by Crippen LogP contribution is 2.35. The van der Waals surface area contributed by atoms with Gasteiger partial charge < -0.3 is 10.5 Å². The van der Waals surface area contributed by atoms with E-state index >= 15 is 0 Å². The Morgan fingerprint density at radius 1 is 1.38 bits per heavy atom. The Morgan fingerprint density at radius 3 is 2.85 bits per heavy atom. The molecule has 0 spiro atoms. The summed E-state index contributed by atoms with van der Waals surface area (Å²) in [6, 6.07) is 5.94. The standard InChI is InChI=1S/C9H8BrNOS/c1-12-7-4-8-5(2-6(7)11)3-9(10)13-8/h2-4H,11H2,1H3. The smallest absolute Gasteiger partial charge is 0.143 e. The van der Waals surface area contributed by atoms with E-state index in [4.69, 9.17) is 10.5 Å². The third-order valence-electron chi connectivity index (χ3n) is 1.84. The van der Waals surface area contributed by atoms with Gasteiger partial charge in [0.2, 0.25) is 0 Å². The maximum absolute atomic E-state index is 5.77. The summed E-state index contributed by atoms with van der Waals surface area (Å²) in [6.45, 7) is 0. The summed E-state index contributed by atoms with van der Waals surface area (Å²) in [5.41, 5.74) is 6.45. The van der Waals surface area contributed by atoms with Crippen molar-refractivity contribution in [1.29, 1.82) is 0 Å². The summed E-state index contributed by atoms with van der Waals surface area (Å²) in [6.07, 6.45) is 0. The lowest BCUT2D eigenvalue weighted by atomic mass is 10.2. The first-order chi connectivity index (χ1) is 6.20. The molecule has 2 N–H and O–H groups in total. The molecule has 0 bridgehead atoms. The highest BCUT2D eigenvalue weighted by atomic mass is 79.9. The van der Waals surface area contributed by atoms with Crippen LogP contribution in [0.25, 0.3) is 10.1 Å². The third kappa shape index (κ3) is 1.51. The molecule has 0 unspecified atom stereocenters. The molecule has 1 heterocycles. The zero-order valence-electron chi connectivity index (χ0n) is 7.00. The van der Waals surface area contributed by atoms with E-state index in [1.54, 1.807) is 18.4 Å². The zero-order valence-corrected chi connectivity index (χ0v) is 9.41. The minimum atomic E-state index is 0.681. The van der Waals surface area contributed by atoms with E-state index in [1.165, 1.54) is 4.70 Å². The van der Waals surface area contributed by atoms with Crippen LogP contribution in [0.1, 0.15) is 0 Å². The van der Waals surface area contributed by atoms with E-state index in [1.807, 2.05) is 12.1 Å². The van der Waals surface area contributed by atoms with E-state index < -0.39 is 0 Å². The SMILES string of the molecule is COc1cc2sc(Br)cc2cc1N. The van der Waals surface area contributed by atoms with E-state index in [2.05, 4.69) is 22.0 Å². The molecule has 2 rings (SSSR count). The van der Waals surface area contributed by atoms with Crippen molar-refractivity contribution in [3.8, 4) is 5.75 Å². The summed E-state index contributed by atoms with van der Waals surface area (Å²) in [5, 5.41) is 1.15. The minimum Gasteiger partial charge on any atom is -0.495 e. The topological polar surface area (TPSA) is 35.2 Å². The predicted octanol–water partition coefficient (Wildman–Crippen LogP) is 3.25. The Balaban J connectivity index is 2.72. The van der Waals surface area contributed by atoms with Crippen molar-refractivity contribution >= 4 is 43.0 Å². The molecular weight excluding hydrogens is 250 g/mol. The highest BCUT2D eigenvalue weighted by molar-refractivity contribution is 9.11. The van der Waals surface area contributed by atoms with Gasteiger partial charge in [0.15, 0.2) is 0 Å². The van der Waals surface area contributed by atoms with Gasteiger partial charge in [-0.15, -0.1) is 11.3 Å². The largest absolute Gasteiger partial charge is 0.495 e. The maximum Gasteiger partial charge on any atom is 0.143 e. The van der Waals surface area contributed by atoms with Gasteiger partial charge in [0.05, 0.1) is 16.6 Å². The Morgan fingerprint density at radius 2 is 2.15 bits per heavy atom. The number of hydrogen-bond acceptors (Lipinski definition) is 3. The highest BCUT2D eigenvalue weighted by Gasteiger charge is 2.04. The van der Waals surface area contributed by atoms with E-state index in [0.717, 1.165) is 14.9 Å². The Labute approximate surface area is 88.4 Å². The first-order valence-electron chi connectivity index (χ1n) is 3.73. The number of nitrogens with two attached hydrogens (primary N) is 1. The average molecular weight is 258 g/mol. The Kier molecular flexibility index (Phi) is 2.17. The molecule has 68 valence electrons. The van der Waals surface area contributed by atoms with Crippen molar-refractivity contribution < 1.29 is 4.74 Å². The fourth-order valence-corrected chi connectivity index (χ4v) is 2.80. The molecule has 2 nitrogen and oxygen atoms in total. The Hall–Kier alpha value is -0.740. The van der Waals surface area contributed by atoms with Gasteiger partial charge in [-0.25, -0.2) is 0 Å². The molecule has 0 aliphatic rings. The third-order valence-corrected chi connectivity index (χ3v) is 3.44. The lowest BCUT2D eigenvalue weighted by Gasteiger charge is -2.03. The number of methoxy groups -OCH3 is 1. The first kappa shape index (κ1) is 8.84. The molecule has 13 heavy (non-hydrogen) atoms. The van der Waals surface area contributed by atoms with Crippen molar-refractivity contribution in [3.05, 3.63) is 22.0 Å². The molecule has 0 aliphatic heterocycles. The van der Waals surface area contributed by atoms with Gasteiger partial charge in [0, 0.05) is 10.8 Å². The predicted molar refractivity (Wildman–Crippen MR) is 60.5 cm³/mol. The second-order valence-electron chi connectivity index (χ2n) is 2.68. The van der Waals surface area contributed by atoms with E-state index in [-0.39, 0.29) is 0 Å². The number of rotatable bonds is 1. The average Bonchev–Trinajstić information content (AvgIpc) is 2.42. The van der Waals surface area contributed by atoms with Gasteiger partial charge in [0.1, 0.15) is 5.75 Å². The number of fused-ring (bicyclic) bond motifs is 1. The van der Waals surface area contributed by atoms with Crippen LogP contribution < -0.4 is 10.5 Å². The number of anilines is 1.